The molecule has 1 amide bonds. The molecular formula is C17H15NO5. The van der Waals surface area contributed by atoms with Crippen molar-refractivity contribution in [3.05, 3.63) is 78.5 Å². The highest BCUT2D eigenvalue weighted by Crippen LogP contribution is 2.29. The molecule has 3 rings (SSSR count). The molecular weight excluding hydrogens is 298 g/mol. The van der Waals surface area contributed by atoms with E-state index in [4.69, 9.17) is 13.3 Å². The molecule has 0 fully saturated rings. The Bertz CT molecular complexity index is 720. The summed E-state index contributed by atoms with van der Waals surface area (Å²) in [4.78, 5) is 11.9. The predicted octanol–water partition coefficient (Wildman–Crippen LogP) is 2.53. The van der Waals surface area contributed by atoms with Crippen LogP contribution in [0.4, 0.5) is 0 Å². The number of aliphatic hydroxyl groups is 1. The normalized spacial score (nSPS) is 14.0. The van der Waals surface area contributed by atoms with Crippen molar-refractivity contribution < 1.29 is 23.2 Å². The summed E-state index contributed by atoms with van der Waals surface area (Å²) < 4.78 is 15.4. The smallest absolute Gasteiger partial charge is 0.244 e. The minimum Gasteiger partial charge on any atom is -0.472 e. The fourth-order valence-electron chi connectivity index (χ4n) is 2.16. The molecule has 0 saturated heterocycles. The molecule has 1 atom stereocenters. The molecule has 0 unspecified atom stereocenters. The molecule has 6 nitrogen and oxygen atoms in total. The number of furan rings is 3. The van der Waals surface area contributed by atoms with Crippen LogP contribution in [0.25, 0.3) is 6.08 Å². The summed E-state index contributed by atoms with van der Waals surface area (Å²) in [5.41, 5.74) is -1.02. The summed E-state index contributed by atoms with van der Waals surface area (Å²) in [7, 11) is 0. The van der Waals surface area contributed by atoms with E-state index in [1.807, 2.05) is 0 Å². The monoisotopic (exact) mass is 313 g/mol. The number of carbonyl (C=O) groups is 1. The number of hydrogen-bond acceptors (Lipinski definition) is 5. The summed E-state index contributed by atoms with van der Waals surface area (Å²) in [6.45, 7) is -0.0681. The third-order valence-corrected chi connectivity index (χ3v) is 3.39. The Balaban J connectivity index is 1.71. The molecule has 118 valence electrons. The van der Waals surface area contributed by atoms with Gasteiger partial charge in [-0.05, 0) is 36.4 Å². The SMILES string of the molecule is O=C(/C=C/c1ccco1)NC[C@@](O)(c1ccoc1)c1ccco1. The molecule has 0 aromatic carbocycles. The minimum absolute atomic E-state index is 0.0681. The van der Waals surface area contributed by atoms with Crippen molar-refractivity contribution in [2.75, 3.05) is 6.54 Å². The number of rotatable bonds is 6. The fraction of sp³-hybridized carbons (Fsp3) is 0.118. The van der Waals surface area contributed by atoms with Gasteiger partial charge in [-0.3, -0.25) is 4.79 Å². The van der Waals surface area contributed by atoms with Gasteiger partial charge in [-0.15, -0.1) is 0 Å². The van der Waals surface area contributed by atoms with Crippen LogP contribution < -0.4 is 5.32 Å². The zero-order valence-electron chi connectivity index (χ0n) is 12.1. The molecule has 2 N–H and O–H groups in total. The van der Waals surface area contributed by atoms with E-state index in [9.17, 15) is 9.90 Å². The Kier molecular flexibility index (Phi) is 4.16. The lowest BCUT2D eigenvalue weighted by Gasteiger charge is -2.24. The van der Waals surface area contributed by atoms with Gasteiger partial charge >= 0.3 is 0 Å². The lowest BCUT2D eigenvalue weighted by Crippen LogP contribution is -2.40. The van der Waals surface area contributed by atoms with Crippen LogP contribution in [-0.2, 0) is 10.4 Å². The van der Waals surface area contributed by atoms with Crippen LogP contribution in [0.15, 0.2) is 74.7 Å². The van der Waals surface area contributed by atoms with Gasteiger partial charge < -0.3 is 23.7 Å². The van der Waals surface area contributed by atoms with Crippen LogP contribution in [0.3, 0.4) is 0 Å². The second-order valence-corrected chi connectivity index (χ2v) is 4.92. The maximum atomic E-state index is 11.9. The van der Waals surface area contributed by atoms with Gasteiger partial charge in [-0.2, -0.15) is 0 Å². The molecule has 0 spiro atoms. The Morgan fingerprint density at radius 3 is 2.65 bits per heavy atom. The molecule has 0 aliphatic heterocycles. The van der Waals surface area contributed by atoms with Gasteiger partial charge in [0.2, 0.25) is 5.91 Å². The molecule has 3 aromatic heterocycles. The van der Waals surface area contributed by atoms with Crippen molar-refractivity contribution in [1.82, 2.24) is 5.32 Å². The van der Waals surface area contributed by atoms with Gasteiger partial charge in [-0.1, -0.05) is 0 Å². The van der Waals surface area contributed by atoms with Crippen LogP contribution in [0.5, 0.6) is 0 Å². The first kappa shape index (κ1) is 14.9. The molecule has 0 aliphatic carbocycles. The third kappa shape index (κ3) is 3.27. The van der Waals surface area contributed by atoms with Crippen molar-refractivity contribution in [3.8, 4) is 0 Å². The number of amides is 1. The average molecular weight is 313 g/mol. The third-order valence-electron chi connectivity index (χ3n) is 3.39. The van der Waals surface area contributed by atoms with E-state index in [1.165, 1.54) is 31.1 Å². The summed E-state index contributed by atoms with van der Waals surface area (Å²) >= 11 is 0. The van der Waals surface area contributed by atoms with Crippen LogP contribution in [-0.4, -0.2) is 17.6 Å². The largest absolute Gasteiger partial charge is 0.472 e. The molecule has 0 radical (unpaired) electrons. The fourth-order valence-corrected chi connectivity index (χ4v) is 2.16. The lowest BCUT2D eigenvalue weighted by atomic mass is 9.93. The first-order chi connectivity index (χ1) is 11.2. The van der Waals surface area contributed by atoms with Crippen LogP contribution in [0.2, 0.25) is 0 Å². The van der Waals surface area contributed by atoms with Crippen molar-refractivity contribution in [2.24, 2.45) is 0 Å². The summed E-state index contributed by atoms with van der Waals surface area (Å²) in [6, 6.07) is 8.38. The topological polar surface area (TPSA) is 88.8 Å². The average Bonchev–Trinajstić information content (AvgIpc) is 3.33. The predicted molar refractivity (Wildman–Crippen MR) is 81.2 cm³/mol. The first-order valence-electron chi connectivity index (χ1n) is 6.97. The minimum atomic E-state index is -1.51. The Hall–Kier alpha value is -2.99. The number of nitrogens with one attached hydrogen (secondary N) is 1. The first-order valence-corrected chi connectivity index (χ1v) is 6.97. The highest BCUT2D eigenvalue weighted by atomic mass is 16.4. The molecule has 0 saturated carbocycles. The van der Waals surface area contributed by atoms with Gasteiger partial charge in [0.25, 0.3) is 0 Å². The highest BCUT2D eigenvalue weighted by molar-refractivity contribution is 5.91. The molecule has 3 heterocycles. The molecule has 6 heteroatoms. The van der Waals surface area contributed by atoms with Gasteiger partial charge in [-0.25, -0.2) is 0 Å². The van der Waals surface area contributed by atoms with E-state index < -0.39 is 5.60 Å². The van der Waals surface area contributed by atoms with Crippen LogP contribution >= 0.6 is 0 Å². The summed E-state index contributed by atoms with van der Waals surface area (Å²) in [5, 5.41) is 13.6. The van der Waals surface area contributed by atoms with Gasteiger partial charge in [0, 0.05) is 11.6 Å². The van der Waals surface area contributed by atoms with Crippen molar-refractivity contribution in [3.63, 3.8) is 0 Å². The van der Waals surface area contributed by atoms with E-state index in [0.717, 1.165) is 0 Å². The summed E-state index contributed by atoms with van der Waals surface area (Å²) in [6.07, 6.45) is 8.70. The second kappa shape index (κ2) is 6.41. The Labute approximate surface area is 132 Å². The molecule has 0 aliphatic rings. The van der Waals surface area contributed by atoms with E-state index in [-0.39, 0.29) is 12.5 Å². The molecule has 23 heavy (non-hydrogen) atoms. The van der Waals surface area contributed by atoms with Crippen molar-refractivity contribution in [2.45, 2.75) is 5.60 Å². The standard InChI is InChI=1S/C17H15NO5/c19-16(6-5-14-3-1-8-22-14)18-12-17(20,13-7-10-21-11-13)15-4-2-9-23-15/h1-11,20H,12H2,(H,18,19)/b6-5+/t17-/m1/s1. The van der Waals surface area contributed by atoms with Gasteiger partial charge in [0.15, 0.2) is 5.60 Å². The van der Waals surface area contributed by atoms with Gasteiger partial charge in [0.05, 0.1) is 31.6 Å². The van der Waals surface area contributed by atoms with E-state index in [1.54, 1.807) is 36.4 Å². The maximum absolute atomic E-state index is 11.9. The second-order valence-electron chi connectivity index (χ2n) is 4.92. The van der Waals surface area contributed by atoms with E-state index in [0.29, 0.717) is 17.1 Å². The maximum Gasteiger partial charge on any atom is 0.244 e. The van der Waals surface area contributed by atoms with Crippen LogP contribution in [0, 0.1) is 0 Å². The van der Waals surface area contributed by atoms with Crippen molar-refractivity contribution in [1.29, 1.82) is 0 Å². The van der Waals surface area contributed by atoms with Gasteiger partial charge in [0.1, 0.15) is 11.5 Å². The summed E-state index contributed by atoms with van der Waals surface area (Å²) in [5.74, 6) is 0.514. The zero-order chi connectivity index (χ0) is 16.1. The number of carbonyl (C=O) groups excluding carboxylic acids is 1. The van der Waals surface area contributed by atoms with E-state index in [2.05, 4.69) is 5.32 Å². The highest BCUT2D eigenvalue weighted by Gasteiger charge is 2.35. The Morgan fingerprint density at radius 2 is 2.00 bits per heavy atom. The van der Waals surface area contributed by atoms with Crippen molar-refractivity contribution >= 4 is 12.0 Å². The Morgan fingerprint density at radius 1 is 1.17 bits per heavy atom. The molecule has 0 bridgehead atoms. The van der Waals surface area contributed by atoms with Crippen LogP contribution in [0.1, 0.15) is 17.1 Å². The molecule has 3 aromatic rings. The van der Waals surface area contributed by atoms with E-state index >= 15 is 0 Å². The number of hydrogen-bond donors (Lipinski definition) is 2. The zero-order valence-corrected chi connectivity index (χ0v) is 12.1. The lowest BCUT2D eigenvalue weighted by molar-refractivity contribution is -0.117. The quantitative estimate of drug-likeness (QED) is 0.683.